The van der Waals surface area contributed by atoms with E-state index in [-0.39, 0.29) is 48.6 Å². The van der Waals surface area contributed by atoms with E-state index in [1.807, 2.05) is 30.3 Å². The minimum absolute atomic E-state index is 0.0731. The van der Waals surface area contributed by atoms with Gasteiger partial charge in [-0.3, -0.25) is 0 Å². The maximum absolute atomic E-state index is 13.3. The lowest BCUT2D eigenvalue weighted by atomic mass is 9.78. The number of piperidine rings is 1. The number of benzene rings is 3. The largest absolute Gasteiger partial charge is 0.448 e. The molecule has 1 aliphatic carbocycles. The van der Waals surface area contributed by atoms with Crippen LogP contribution in [-0.4, -0.2) is 34.8 Å². The Morgan fingerprint density at radius 3 is 2.13 bits per heavy atom. The van der Waals surface area contributed by atoms with Crippen molar-refractivity contribution < 1.29 is 27.8 Å². The minimum Gasteiger partial charge on any atom is -0.448 e. The van der Waals surface area contributed by atoms with Crippen molar-refractivity contribution in [3.05, 3.63) is 94.5 Å². The van der Waals surface area contributed by atoms with Crippen molar-refractivity contribution in [2.24, 2.45) is 0 Å². The molecule has 194 valence electrons. The molecule has 3 aliphatic rings. The molecule has 2 saturated heterocycles. The lowest BCUT2D eigenvalue weighted by molar-refractivity contribution is -0.137. The van der Waals surface area contributed by atoms with Gasteiger partial charge in [0.05, 0.1) is 22.8 Å². The number of alkyl halides is 3. The Morgan fingerprint density at radius 1 is 1.00 bits per heavy atom. The molecule has 0 saturated carbocycles. The van der Waals surface area contributed by atoms with Crippen LogP contribution < -0.4 is 0 Å². The number of carbonyl (C=O) groups is 1. The van der Waals surface area contributed by atoms with Crippen LogP contribution in [-0.2, 0) is 16.5 Å². The molecule has 5 nitrogen and oxygen atoms in total. The van der Waals surface area contributed by atoms with E-state index < -0.39 is 23.4 Å². The highest BCUT2D eigenvalue weighted by Gasteiger charge is 2.51. The molecule has 2 unspecified atom stereocenters. The molecule has 3 aromatic carbocycles. The van der Waals surface area contributed by atoms with Crippen LogP contribution in [0.15, 0.2) is 66.7 Å². The number of nitrogens with zero attached hydrogens (tertiary/aromatic N) is 2. The molecule has 0 spiro atoms. The maximum Gasteiger partial charge on any atom is 0.416 e. The van der Waals surface area contributed by atoms with Crippen molar-refractivity contribution in [1.82, 2.24) is 4.90 Å². The second kappa shape index (κ2) is 8.88. The number of hydrogen-bond donors (Lipinski definition) is 1. The van der Waals surface area contributed by atoms with Gasteiger partial charge in [-0.1, -0.05) is 54.6 Å². The number of rotatable bonds is 3. The molecule has 1 N–H and O–H groups in total. The number of fused-ring (bicyclic) bond motifs is 5. The fraction of sp³-hybridized carbons (Fsp3) is 0.333. The number of halogens is 3. The highest BCUT2D eigenvalue weighted by atomic mass is 19.4. The average Bonchev–Trinajstić information content (AvgIpc) is 3.38. The van der Waals surface area contributed by atoms with Crippen molar-refractivity contribution >= 4 is 6.09 Å². The topological polar surface area (TPSA) is 73.6 Å². The number of nitriles is 1. The first-order chi connectivity index (χ1) is 18.2. The Kier molecular flexibility index (Phi) is 5.73. The highest BCUT2D eigenvalue weighted by Crippen LogP contribution is 2.48. The molecule has 0 aromatic heterocycles. The van der Waals surface area contributed by atoms with Crippen LogP contribution in [0.5, 0.6) is 0 Å². The second-order valence-electron chi connectivity index (χ2n) is 10.4. The summed E-state index contributed by atoms with van der Waals surface area (Å²) in [4.78, 5) is 15.0. The molecule has 8 heteroatoms. The van der Waals surface area contributed by atoms with E-state index in [0.717, 1.165) is 34.4 Å². The number of carbonyl (C=O) groups excluding carboxylic acids is 1. The van der Waals surface area contributed by atoms with Gasteiger partial charge in [0.15, 0.2) is 0 Å². The van der Waals surface area contributed by atoms with Crippen molar-refractivity contribution in [2.75, 3.05) is 6.61 Å². The number of aliphatic hydroxyl groups is 1. The summed E-state index contributed by atoms with van der Waals surface area (Å²) in [7, 11) is 0. The average molecular weight is 519 g/mol. The van der Waals surface area contributed by atoms with Crippen LogP contribution in [0.2, 0.25) is 0 Å². The van der Waals surface area contributed by atoms with Gasteiger partial charge in [-0.2, -0.15) is 18.4 Å². The van der Waals surface area contributed by atoms with Crippen LogP contribution >= 0.6 is 0 Å². The van der Waals surface area contributed by atoms with Gasteiger partial charge in [-0.05, 0) is 47.2 Å². The maximum atomic E-state index is 13.3. The first-order valence-electron chi connectivity index (χ1n) is 12.7. The van der Waals surface area contributed by atoms with Crippen molar-refractivity contribution in [2.45, 2.75) is 55.5 Å². The van der Waals surface area contributed by atoms with Crippen LogP contribution in [0.3, 0.4) is 0 Å². The van der Waals surface area contributed by atoms with Crippen LogP contribution in [0, 0.1) is 11.3 Å². The van der Waals surface area contributed by atoms with Crippen molar-refractivity contribution in [1.29, 1.82) is 5.26 Å². The van der Waals surface area contributed by atoms with E-state index in [4.69, 9.17) is 4.74 Å². The summed E-state index contributed by atoms with van der Waals surface area (Å²) in [6.45, 7) is 0.185. The second-order valence-corrected chi connectivity index (χ2v) is 10.4. The monoisotopic (exact) mass is 518 g/mol. The van der Waals surface area contributed by atoms with E-state index in [9.17, 15) is 28.3 Å². The van der Waals surface area contributed by atoms with Gasteiger partial charge >= 0.3 is 12.3 Å². The van der Waals surface area contributed by atoms with E-state index >= 15 is 0 Å². The van der Waals surface area contributed by atoms with Crippen LogP contribution in [0.25, 0.3) is 11.1 Å². The summed E-state index contributed by atoms with van der Waals surface area (Å²) < 4.78 is 45.4. The predicted molar refractivity (Wildman–Crippen MR) is 133 cm³/mol. The standard InChI is InChI=1S/C30H25F3N2O3/c31-30(32,33)19-9-12-27(18(13-19)16-34)29(37)14-20-10-11-21(15-29)35(20)28(36)38-17-26-24-7-3-1-5-22(24)23-6-2-4-8-25(23)26/h1-9,12-13,20-21,26,37H,10-11,14-15,17H2. The fourth-order valence-corrected chi connectivity index (χ4v) is 6.63. The normalized spacial score (nSPS) is 24.0. The molecular formula is C30H25F3N2O3. The zero-order chi connectivity index (χ0) is 26.7. The summed E-state index contributed by atoms with van der Waals surface area (Å²) in [5, 5.41) is 21.1. The Labute approximate surface area is 218 Å². The SMILES string of the molecule is N#Cc1cc(C(F)(F)F)ccc1C1(O)CC2CCC(C1)N2C(=O)OCC1c2ccccc2-c2ccccc21. The van der Waals surface area contributed by atoms with E-state index in [1.165, 1.54) is 6.07 Å². The summed E-state index contributed by atoms with van der Waals surface area (Å²) in [5.74, 6) is -0.0731. The van der Waals surface area contributed by atoms with E-state index in [2.05, 4.69) is 24.3 Å². The molecule has 1 amide bonds. The van der Waals surface area contributed by atoms with Gasteiger partial charge in [-0.15, -0.1) is 0 Å². The zero-order valence-electron chi connectivity index (χ0n) is 20.4. The quantitative estimate of drug-likeness (QED) is 0.439. The fourth-order valence-electron chi connectivity index (χ4n) is 6.63. The first kappa shape index (κ1) is 24.5. The van der Waals surface area contributed by atoms with Gasteiger partial charge in [0, 0.05) is 36.4 Å². The number of ether oxygens (including phenoxy) is 1. The Hall–Kier alpha value is -3.83. The molecule has 2 aliphatic heterocycles. The number of hydrogen-bond acceptors (Lipinski definition) is 4. The van der Waals surface area contributed by atoms with Crippen molar-refractivity contribution in [3.63, 3.8) is 0 Å². The molecule has 6 rings (SSSR count). The Morgan fingerprint density at radius 2 is 1.58 bits per heavy atom. The van der Waals surface area contributed by atoms with Gasteiger partial charge in [0.2, 0.25) is 0 Å². The third kappa shape index (κ3) is 3.93. The summed E-state index contributed by atoms with van der Waals surface area (Å²) in [5.41, 5.74) is 2.05. The lowest BCUT2D eigenvalue weighted by Gasteiger charge is -2.43. The third-order valence-electron chi connectivity index (χ3n) is 8.28. The van der Waals surface area contributed by atoms with Crippen LogP contribution in [0.1, 0.15) is 59.4 Å². The zero-order valence-corrected chi connectivity index (χ0v) is 20.4. The molecule has 38 heavy (non-hydrogen) atoms. The molecule has 2 heterocycles. The Bertz CT molecular complexity index is 1400. The molecule has 0 radical (unpaired) electrons. The van der Waals surface area contributed by atoms with Crippen LogP contribution in [0.4, 0.5) is 18.0 Å². The van der Waals surface area contributed by atoms with Crippen molar-refractivity contribution in [3.8, 4) is 17.2 Å². The molecule has 2 bridgehead atoms. The Balaban J connectivity index is 1.20. The smallest absolute Gasteiger partial charge is 0.416 e. The van der Waals surface area contributed by atoms with E-state index in [1.54, 1.807) is 4.90 Å². The first-order valence-corrected chi connectivity index (χ1v) is 12.7. The number of amides is 1. The minimum atomic E-state index is -4.58. The highest BCUT2D eigenvalue weighted by molar-refractivity contribution is 5.79. The lowest BCUT2D eigenvalue weighted by Crippen LogP contribution is -2.52. The van der Waals surface area contributed by atoms with Gasteiger partial charge < -0.3 is 14.7 Å². The third-order valence-corrected chi connectivity index (χ3v) is 8.28. The predicted octanol–water partition coefficient (Wildman–Crippen LogP) is 6.34. The molecule has 2 atom stereocenters. The van der Waals surface area contributed by atoms with E-state index in [0.29, 0.717) is 12.8 Å². The summed E-state index contributed by atoms with van der Waals surface area (Å²) in [6, 6.07) is 20.2. The van der Waals surface area contributed by atoms with Gasteiger partial charge in [0.1, 0.15) is 6.61 Å². The molecule has 2 fully saturated rings. The van der Waals surface area contributed by atoms with Gasteiger partial charge in [0.25, 0.3) is 0 Å². The van der Waals surface area contributed by atoms with Gasteiger partial charge in [-0.25, -0.2) is 4.79 Å². The molecular weight excluding hydrogens is 493 g/mol. The summed E-state index contributed by atoms with van der Waals surface area (Å²) >= 11 is 0. The molecule has 3 aromatic rings. The summed E-state index contributed by atoms with van der Waals surface area (Å²) in [6.07, 6.45) is -3.46.